The summed E-state index contributed by atoms with van der Waals surface area (Å²) in [6.45, 7) is 3.13. The molecular weight excluding hydrogens is 430 g/mol. The van der Waals surface area contributed by atoms with Crippen LogP contribution in [0.1, 0.15) is 5.56 Å². The molecular formula is C23H31N3O5S. The Morgan fingerprint density at radius 3 is 2.31 bits per heavy atom. The SMILES string of the molecule is COc1ccccc1OCC(=O)NCCS(=O)(=O)N1CCN(CCc2ccccc2)CC1. The summed E-state index contributed by atoms with van der Waals surface area (Å²) in [4.78, 5) is 14.3. The van der Waals surface area contributed by atoms with Crippen LogP contribution in [-0.2, 0) is 21.2 Å². The van der Waals surface area contributed by atoms with Crippen LogP contribution < -0.4 is 14.8 Å². The van der Waals surface area contributed by atoms with Crippen LogP contribution in [0.2, 0.25) is 0 Å². The number of carbonyl (C=O) groups excluding carboxylic acids is 1. The first-order valence-corrected chi connectivity index (χ1v) is 12.4. The van der Waals surface area contributed by atoms with E-state index in [-0.39, 0.29) is 24.8 Å². The number of methoxy groups -OCH3 is 1. The third kappa shape index (κ3) is 7.22. The zero-order valence-electron chi connectivity index (χ0n) is 18.4. The Morgan fingerprint density at radius 2 is 1.62 bits per heavy atom. The monoisotopic (exact) mass is 461 g/mol. The molecule has 1 saturated heterocycles. The Labute approximate surface area is 190 Å². The number of hydrogen-bond acceptors (Lipinski definition) is 6. The average Bonchev–Trinajstić information content (AvgIpc) is 2.82. The van der Waals surface area contributed by atoms with Gasteiger partial charge in [0.1, 0.15) is 0 Å². The maximum Gasteiger partial charge on any atom is 0.257 e. The van der Waals surface area contributed by atoms with E-state index in [0.29, 0.717) is 37.7 Å². The third-order valence-electron chi connectivity index (χ3n) is 5.39. The van der Waals surface area contributed by atoms with E-state index in [0.717, 1.165) is 13.0 Å². The molecule has 9 heteroatoms. The third-order valence-corrected chi connectivity index (χ3v) is 7.27. The summed E-state index contributed by atoms with van der Waals surface area (Å²) in [5.41, 5.74) is 1.29. The number of benzene rings is 2. The zero-order valence-corrected chi connectivity index (χ0v) is 19.2. The molecule has 1 heterocycles. The second-order valence-corrected chi connectivity index (χ2v) is 9.67. The van der Waals surface area contributed by atoms with Crippen LogP contribution in [0.5, 0.6) is 11.5 Å². The van der Waals surface area contributed by atoms with Crippen LogP contribution in [0.15, 0.2) is 54.6 Å². The summed E-state index contributed by atoms with van der Waals surface area (Å²) in [5.74, 6) is 0.489. The number of hydrogen-bond donors (Lipinski definition) is 1. The van der Waals surface area contributed by atoms with E-state index >= 15 is 0 Å². The molecule has 0 radical (unpaired) electrons. The van der Waals surface area contributed by atoms with Gasteiger partial charge in [0, 0.05) is 39.3 Å². The molecule has 2 aromatic carbocycles. The average molecular weight is 462 g/mol. The normalized spacial score (nSPS) is 15.3. The minimum Gasteiger partial charge on any atom is -0.493 e. The molecule has 1 amide bonds. The van der Waals surface area contributed by atoms with Crippen LogP contribution in [0, 0.1) is 0 Å². The van der Waals surface area contributed by atoms with Crippen molar-refractivity contribution in [2.75, 3.05) is 58.7 Å². The van der Waals surface area contributed by atoms with Crippen molar-refractivity contribution in [2.45, 2.75) is 6.42 Å². The number of amides is 1. The van der Waals surface area contributed by atoms with Crippen molar-refractivity contribution in [3.8, 4) is 11.5 Å². The second-order valence-electron chi connectivity index (χ2n) is 7.58. The van der Waals surface area contributed by atoms with Crippen LogP contribution in [-0.4, -0.2) is 82.3 Å². The molecule has 2 aromatic rings. The van der Waals surface area contributed by atoms with Gasteiger partial charge >= 0.3 is 0 Å². The van der Waals surface area contributed by atoms with Gasteiger partial charge in [0.2, 0.25) is 10.0 Å². The minimum atomic E-state index is -3.42. The maximum absolute atomic E-state index is 12.6. The first-order chi connectivity index (χ1) is 15.5. The number of nitrogens with zero attached hydrogens (tertiary/aromatic N) is 2. The molecule has 32 heavy (non-hydrogen) atoms. The first kappa shape index (κ1) is 24.0. The smallest absolute Gasteiger partial charge is 0.257 e. The second kappa shape index (κ2) is 11.8. The Morgan fingerprint density at radius 1 is 0.969 bits per heavy atom. The lowest BCUT2D eigenvalue weighted by Crippen LogP contribution is -2.50. The van der Waals surface area contributed by atoms with Gasteiger partial charge in [-0.3, -0.25) is 4.79 Å². The van der Waals surface area contributed by atoms with Crippen molar-refractivity contribution in [3.63, 3.8) is 0 Å². The summed E-state index contributed by atoms with van der Waals surface area (Å²) >= 11 is 0. The van der Waals surface area contributed by atoms with Gasteiger partial charge < -0.3 is 19.7 Å². The number of nitrogens with one attached hydrogen (secondary N) is 1. The highest BCUT2D eigenvalue weighted by Crippen LogP contribution is 2.25. The lowest BCUT2D eigenvalue weighted by molar-refractivity contribution is -0.122. The van der Waals surface area contributed by atoms with Crippen molar-refractivity contribution >= 4 is 15.9 Å². The van der Waals surface area contributed by atoms with Crippen molar-refractivity contribution in [3.05, 3.63) is 60.2 Å². The van der Waals surface area contributed by atoms with Crippen LogP contribution in [0.3, 0.4) is 0 Å². The highest BCUT2D eigenvalue weighted by molar-refractivity contribution is 7.89. The molecule has 0 unspecified atom stereocenters. The summed E-state index contributed by atoms with van der Waals surface area (Å²) in [6.07, 6.45) is 0.955. The Kier molecular flexibility index (Phi) is 8.90. The van der Waals surface area contributed by atoms with Gasteiger partial charge in [-0.1, -0.05) is 42.5 Å². The van der Waals surface area contributed by atoms with Crippen LogP contribution in [0.25, 0.3) is 0 Å². The molecule has 0 aromatic heterocycles. The lowest BCUT2D eigenvalue weighted by Gasteiger charge is -2.34. The molecule has 1 N–H and O–H groups in total. The minimum absolute atomic E-state index is 0.0463. The summed E-state index contributed by atoms with van der Waals surface area (Å²) in [6, 6.07) is 17.3. The van der Waals surface area contributed by atoms with E-state index < -0.39 is 10.0 Å². The molecule has 1 aliphatic heterocycles. The van der Waals surface area contributed by atoms with Gasteiger partial charge in [-0.05, 0) is 24.1 Å². The van der Waals surface area contributed by atoms with Crippen LogP contribution >= 0.6 is 0 Å². The summed E-state index contributed by atoms with van der Waals surface area (Å²) < 4.78 is 37.4. The number of sulfonamides is 1. The zero-order chi connectivity index (χ0) is 22.8. The molecule has 8 nitrogen and oxygen atoms in total. The number of ether oxygens (including phenoxy) is 2. The lowest BCUT2D eigenvalue weighted by atomic mass is 10.1. The fraction of sp³-hybridized carbons (Fsp3) is 0.435. The molecule has 174 valence electrons. The Bertz CT molecular complexity index is 961. The number of rotatable bonds is 11. The van der Waals surface area contributed by atoms with E-state index in [1.807, 2.05) is 18.2 Å². The van der Waals surface area contributed by atoms with Gasteiger partial charge in [-0.2, -0.15) is 4.31 Å². The largest absolute Gasteiger partial charge is 0.493 e. The van der Waals surface area contributed by atoms with Gasteiger partial charge in [-0.15, -0.1) is 0 Å². The Balaban J connectivity index is 1.35. The molecule has 0 saturated carbocycles. The molecule has 0 atom stereocenters. The molecule has 1 fully saturated rings. The van der Waals surface area contributed by atoms with Crippen molar-refractivity contribution in [1.82, 2.24) is 14.5 Å². The highest BCUT2D eigenvalue weighted by atomic mass is 32.2. The fourth-order valence-corrected chi connectivity index (χ4v) is 4.88. The molecule has 0 aliphatic carbocycles. The molecule has 1 aliphatic rings. The topological polar surface area (TPSA) is 88.2 Å². The standard InChI is InChI=1S/C23H31N3O5S/c1-30-21-9-5-6-10-22(21)31-19-23(27)24-12-18-32(28,29)26-16-14-25(15-17-26)13-11-20-7-3-2-4-8-20/h2-10H,11-19H2,1H3,(H,24,27). The number of piperazine rings is 1. The quantitative estimate of drug-likeness (QED) is 0.544. The van der Waals surface area contributed by atoms with Gasteiger partial charge in [0.25, 0.3) is 5.91 Å². The predicted molar refractivity (Wildman–Crippen MR) is 123 cm³/mol. The van der Waals surface area contributed by atoms with Crippen LogP contribution in [0.4, 0.5) is 0 Å². The van der Waals surface area contributed by atoms with Gasteiger partial charge in [0.15, 0.2) is 18.1 Å². The summed E-state index contributed by atoms with van der Waals surface area (Å²) in [5, 5.41) is 2.61. The van der Waals surface area contributed by atoms with Crippen molar-refractivity contribution < 1.29 is 22.7 Å². The molecule has 0 spiro atoms. The summed E-state index contributed by atoms with van der Waals surface area (Å²) in [7, 11) is -1.89. The predicted octanol–water partition coefficient (Wildman–Crippen LogP) is 1.38. The molecule has 0 bridgehead atoms. The number of para-hydroxylation sites is 2. The fourth-order valence-electron chi connectivity index (χ4n) is 3.54. The first-order valence-electron chi connectivity index (χ1n) is 10.7. The van der Waals surface area contributed by atoms with E-state index in [1.165, 1.54) is 17.0 Å². The van der Waals surface area contributed by atoms with Gasteiger partial charge in [0.05, 0.1) is 12.9 Å². The van der Waals surface area contributed by atoms with Crippen molar-refractivity contribution in [1.29, 1.82) is 0 Å². The molecule has 3 rings (SSSR count). The van der Waals surface area contributed by atoms with Crippen molar-refractivity contribution in [2.24, 2.45) is 0 Å². The van der Waals surface area contributed by atoms with Gasteiger partial charge in [-0.25, -0.2) is 8.42 Å². The van der Waals surface area contributed by atoms with E-state index in [9.17, 15) is 13.2 Å². The number of carbonyl (C=O) groups is 1. The van der Waals surface area contributed by atoms with E-state index in [1.54, 1.807) is 24.3 Å². The van der Waals surface area contributed by atoms with E-state index in [2.05, 4.69) is 22.3 Å². The highest BCUT2D eigenvalue weighted by Gasteiger charge is 2.26. The maximum atomic E-state index is 12.6. The Hall–Kier alpha value is -2.62. The van der Waals surface area contributed by atoms with E-state index in [4.69, 9.17) is 9.47 Å².